The van der Waals surface area contributed by atoms with E-state index in [1.807, 2.05) is 72.8 Å². The average Bonchev–Trinajstić information content (AvgIpc) is 0.727. The summed E-state index contributed by atoms with van der Waals surface area (Å²) in [7, 11) is 0. The van der Waals surface area contributed by atoms with E-state index in [1.54, 1.807) is 0 Å². The molecular weight excluding hydrogens is 1320 g/mol. The highest BCUT2D eigenvalue weighted by atomic mass is 79.9. The predicted octanol–water partition coefficient (Wildman–Crippen LogP) is 28.2. The highest BCUT2D eigenvalue weighted by Crippen LogP contribution is 2.51. The Balaban J connectivity index is 0.000000137. The van der Waals surface area contributed by atoms with Gasteiger partial charge in [-0.1, -0.05) is 283 Å². The second-order valence-electron chi connectivity index (χ2n) is 25.1. The lowest BCUT2D eigenvalue weighted by Gasteiger charge is -2.33. The summed E-state index contributed by atoms with van der Waals surface area (Å²) in [4.78, 5) is 6.92. The molecule has 7 heteroatoms. The van der Waals surface area contributed by atoms with Gasteiger partial charge in [-0.2, -0.15) is 0 Å². The third kappa shape index (κ3) is 14.5. The van der Waals surface area contributed by atoms with Crippen LogP contribution in [0.25, 0.3) is 66.8 Å². The maximum Gasteiger partial charge on any atom is 0.151 e. The SMILES string of the molecule is Brc1cccc(-c2ccc(N(c3ccc(-c4ccccc4)cc3)c3ccc(-c4ccccc4)cc3)cc2)c1.c1ccc(-c2ccc(N(c3ccc(-c4ccccc4)cc3)c3ccc(-c4cccc(N5c6ccccc6Oc6ccccc65)c4)cc3)cc2)cc1.c1ccc2c(c1)Nc1ccccc1O2. The maximum absolute atomic E-state index is 6.26. The number of ether oxygens (including phenoxy) is 2. The molecule has 492 valence electrons. The monoisotopic (exact) mass is 1390 g/mol. The van der Waals surface area contributed by atoms with E-state index in [1.165, 1.54) is 55.6 Å². The molecule has 0 saturated carbocycles. The van der Waals surface area contributed by atoms with Crippen molar-refractivity contribution in [3.63, 3.8) is 0 Å². The Labute approximate surface area is 610 Å². The number of rotatable bonds is 13. The number of benzene rings is 16. The highest BCUT2D eigenvalue weighted by molar-refractivity contribution is 9.10. The van der Waals surface area contributed by atoms with Crippen LogP contribution < -0.4 is 29.5 Å². The van der Waals surface area contributed by atoms with Crippen LogP contribution >= 0.6 is 15.9 Å². The van der Waals surface area contributed by atoms with Crippen LogP contribution in [-0.4, -0.2) is 0 Å². The van der Waals surface area contributed by atoms with Crippen molar-refractivity contribution in [3.8, 4) is 89.8 Å². The zero-order valence-electron chi connectivity index (χ0n) is 56.3. The van der Waals surface area contributed by atoms with E-state index in [4.69, 9.17) is 9.47 Å². The first-order valence-corrected chi connectivity index (χ1v) is 35.3. The quantitative estimate of drug-likeness (QED) is 0.124. The Morgan fingerprint density at radius 2 is 0.466 bits per heavy atom. The molecule has 2 aliphatic rings. The van der Waals surface area contributed by atoms with Crippen LogP contribution in [-0.2, 0) is 0 Å². The van der Waals surface area contributed by atoms with Crippen molar-refractivity contribution in [1.29, 1.82) is 0 Å². The van der Waals surface area contributed by atoms with Gasteiger partial charge in [0, 0.05) is 44.3 Å². The minimum Gasteiger partial charge on any atom is -0.453 e. The van der Waals surface area contributed by atoms with Crippen LogP contribution in [0.5, 0.6) is 23.0 Å². The van der Waals surface area contributed by atoms with E-state index in [2.05, 4.69) is 376 Å². The molecule has 0 unspecified atom stereocenters. The van der Waals surface area contributed by atoms with Gasteiger partial charge >= 0.3 is 0 Å². The minimum atomic E-state index is 0.847. The van der Waals surface area contributed by atoms with E-state index in [0.29, 0.717) is 0 Å². The normalized spacial score (nSPS) is 11.4. The number of fused-ring (bicyclic) bond motifs is 4. The molecule has 2 aliphatic heterocycles. The van der Waals surface area contributed by atoms with Crippen LogP contribution in [0.1, 0.15) is 0 Å². The van der Waals surface area contributed by atoms with Crippen LogP contribution in [0.2, 0.25) is 0 Å². The van der Waals surface area contributed by atoms with E-state index >= 15 is 0 Å². The zero-order chi connectivity index (χ0) is 69.1. The van der Waals surface area contributed by atoms with Crippen molar-refractivity contribution in [2.45, 2.75) is 0 Å². The lowest BCUT2D eigenvalue weighted by Crippen LogP contribution is -2.15. The Morgan fingerprint density at radius 1 is 0.214 bits per heavy atom. The Morgan fingerprint density at radius 3 is 0.806 bits per heavy atom. The van der Waals surface area contributed by atoms with Crippen molar-refractivity contribution < 1.29 is 9.47 Å². The molecule has 0 spiro atoms. The summed E-state index contributed by atoms with van der Waals surface area (Å²) < 4.78 is 13.1. The molecule has 1 N–H and O–H groups in total. The van der Waals surface area contributed by atoms with Gasteiger partial charge in [-0.3, -0.25) is 0 Å². The molecule has 0 saturated heterocycles. The fraction of sp³-hybridized carbons (Fsp3) is 0. The number of hydrogen-bond donors (Lipinski definition) is 1. The molecule has 0 bridgehead atoms. The Hall–Kier alpha value is -13.2. The van der Waals surface area contributed by atoms with Crippen LogP contribution in [0.3, 0.4) is 0 Å². The number of nitrogens with zero attached hydrogens (tertiary/aromatic N) is 3. The standard InChI is InChI=1S/C48H34N2O.C36H26BrN.C12H9NO/c1-3-12-35(13-4-1)37-22-28-41(29-23-37)49(42-30-24-38(25-31-42)36-14-5-2-6-15-36)43-32-26-39(27-33-43)40-16-11-17-44(34-40)50-45-18-7-9-20-47(45)51-48-21-10-8-19-46(48)50;37-33-13-7-12-32(26-33)31-18-24-36(25-19-31)38(34-20-14-29(15-21-34)27-8-3-1-4-9-27)35-22-16-30(17-23-35)28-10-5-2-6-11-28;1-3-7-11-9(5-1)13-10-6-2-4-8-12(10)14-11/h1-34H;1-26H;1-8,13H. The average molecular weight is 1390 g/mol. The molecule has 0 atom stereocenters. The van der Waals surface area contributed by atoms with Gasteiger partial charge in [-0.15, -0.1) is 0 Å². The first kappa shape index (κ1) is 64.5. The molecule has 0 amide bonds. The van der Waals surface area contributed by atoms with E-state index in [9.17, 15) is 0 Å². The smallest absolute Gasteiger partial charge is 0.151 e. The predicted molar refractivity (Wildman–Crippen MR) is 434 cm³/mol. The molecular formula is C96H69BrN4O2. The number of nitrogens with one attached hydrogen (secondary N) is 1. The fourth-order valence-corrected chi connectivity index (χ4v) is 13.7. The summed E-state index contributed by atoms with van der Waals surface area (Å²) in [5, 5.41) is 3.32. The molecule has 16 aromatic rings. The summed E-state index contributed by atoms with van der Waals surface area (Å²) in [5.41, 5.74) is 26.1. The second-order valence-corrected chi connectivity index (χ2v) is 26.0. The molecule has 103 heavy (non-hydrogen) atoms. The molecule has 2 heterocycles. The maximum atomic E-state index is 6.26. The van der Waals surface area contributed by atoms with Crippen molar-refractivity contribution in [3.05, 3.63) is 417 Å². The molecule has 0 aliphatic carbocycles. The summed E-state index contributed by atoms with van der Waals surface area (Å²) in [5.74, 6) is 3.46. The highest BCUT2D eigenvalue weighted by Gasteiger charge is 2.26. The topological polar surface area (TPSA) is 40.2 Å². The summed E-state index contributed by atoms with van der Waals surface area (Å²) in [6, 6.07) is 144. The van der Waals surface area contributed by atoms with Gasteiger partial charge in [-0.05, 0) is 212 Å². The van der Waals surface area contributed by atoms with Gasteiger partial charge in [0.2, 0.25) is 0 Å². The van der Waals surface area contributed by atoms with Crippen LogP contribution in [0, 0.1) is 0 Å². The number of halogens is 1. The largest absolute Gasteiger partial charge is 0.453 e. The van der Waals surface area contributed by atoms with Gasteiger partial charge in [0.15, 0.2) is 23.0 Å². The fourth-order valence-electron chi connectivity index (χ4n) is 13.3. The van der Waals surface area contributed by atoms with Crippen molar-refractivity contribution in [2.24, 2.45) is 0 Å². The van der Waals surface area contributed by atoms with Gasteiger partial charge in [-0.25, -0.2) is 0 Å². The van der Waals surface area contributed by atoms with Crippen molar-refractivity contribution in [1.82, 2.24) is 0 Å². The summed E-state index contributed by atoms with van der Waals surface area (Å²) in [6.45, 7) is 0. The van der Waals surface area contributed by atoms with E-state index in [0.717, 1.165) is 101 Å². The molecule has 0 aromatic heterocycles. The molecule has 0 fully saturated rings. The van der Waals surface area contributed by atoms with E-state index in [-0.39, 0.29) is 0 Å². The third-order valence-electron chi connectivity index (χ3n) is 18.5. The van der Waals surface area contributed by atoms with Crippen molar-refractivity contribution >= 4 is 78.5 Å². The Kier molecular flexibility index (Phi) is 18.8. The van der Waals surface area contributed by atoms with Crippen molar-refractivity contribution in [2.75, 3.05) is 20.0 Å². The molecule has 16 aromatic carbocycles. The first-order chi connectivity index (χ1) is 51.0. The number of hydrogen-bond acceptors (Lipinski definition) is 6. The van der Waals surface area contributed by atoms with Crippen LogP contribution in [0.4, 0.5) is 62.6 Å². The lowest BCUT2D eigenvalue weighted by molar-refractivity contribution is 0.477. The molecule has 6 nitrogen and oxygen atoms in total. The summed E-state index contributed by atoms with van der Waals surface area (Å²) in [6.07, 6.45) is 0. The second kappa shape index (κ2) is 30.1. The zero-order valence-corrected chi connectivity index (χ0v) is 57.9. The van der Waals surface area contributed by atoms with Gasteiger partial charge in [0.05, 0.1) is 22.7 Å². The minimum absolute atomic E-state index is 0.847. The number of anilines is 11. The first-order valence-electron chi connectivity index (χ1n) is 34.5. The Bertz CT molecular complexity index is 5210. The van der Waals surface area contributed by atoms with Gasteiger partial charge < -0.3 is 29.5 Å². The molecule has 0 radical (unpaired) electrons. The number of para-hydroxylation sites is 8. The molecule has 18 rings (SSSR count). The van der Waals surface area contributed by atoms with Crippen LogP contribution in [0.15, 0.2) is 417 Å². The lowest BCUT2D eigenvalue weighted by atomic mass is 10.0. The van der Waals surface area contributed by atoms with Gasteiger partial charge in [0.1, 0.15) is 0 Å². The summed E-state index contributed by atoms with van der Waals surface area (Å²) >= 11 is 3.60. The van der Waals surface area contributed by atoms with Gasteiger partial charge in [0.25, 0.3) is 0 Å². The third-order valence-corrected chi connectivity index (χ3v) is 19.0. The van der Waals surface area contributed by atoms with E-state index < -0.39 is 0 Å².